The fourth-order valence-electron chi connectivity index (χ4n) is 5.85. The van der Waals surface area contributed by atoms with E-state index in [2.05, 4.69) is 0 Å². The third-order valence-corrected chi connectivity index (χ3v) is 8.03. The summed E-state index contributed by atoms with van der Waals surface area (Å²) in [4.78, 5) is 45.0. The molecule has 2 fully saturated rings. The Morgan fingerprint density at radius 2 is 1.35 bits per heavy atom. The van der Waals surface area contributed by atoms with Crippen LogP contribution in [0.2, 0.25) is 0 Å². The molecule has 46 heavy (non-hydrogen) atoms. The van der Waals surface area contributed by atoms with Gasteiger partial charge in [0.1, 0.15) is 18.8 Å². The fraction of sp³-hybridized carbons (Fsp3) is 0.344. The monoisotopic (exact) mass is 648 g/mol. The molecule has 2 saturated heterocycles. The van der Waals surface area contributed by atoms with Gasteiger partial charge >= 0.3 is 18.4 Å². The summed E-state index contributed by atoms with van der Waals surface area (Å²) in [6.07, 6.45) is -12.1. The molecule has 0 aliphatic carbocycles. The molecular formula is C32H30F6N4O4. The number of nitrogens with two attached hydrogens (primary N) is 1. The first-order chi connectivity index (χ1) is 21.8. The van der Waals surface area contributed by atoms with Crippen molar-refractivity contribution in [2.45, 2.75) is 44.1 Å². The molecule has 2 aliphatic rings. The minimum Gasteiger partial charge on any atom is -0.444 e. The van der Waals surface area contributed by atoms with Crippen LogP contribution in [0.25, 0.3) is 0 Å². The topological polar surface area (TPSA) is 96.2 Å². The number of nitrogens with zero attached hydrogens (tertiary/aromatic N) is 3. The third-order valence-electron chi connectivity index (χ3n) is 8.03. The van der Waals surface area contributed by atoms with E-state index >= 15 is 0 Å². The minimum absolute atomic E-state index is 0.0130. The number of fused-ring (bicyclic) bond motifs is 1. The van der Waals surface area contributed by atoms with Gasteiger partial charge in [-0.15, -0.1) is 0 Å². The molecule has 8 nitrogen and oxygen atoms in total. The lowest BCUT2D eigenvalue weighted by Crippen LogP contribution is -2.74. The van der Waals surface area contributed by atoms with Gasteiger partial charge in [-0.3, -0.25) is 14.5 Å². The predicted octanol–water partition coefficient (Wildman–Crippen LogP) is 5.06. The molecule has 244 valence electrons. The number of ether oxygens (including phenoxy) is 1. The van der Waals surface area contributed by atoms with Gasteiger partial charge in [0.25, 0.3) is 0 Å². The van der Waals surface area contributed by atoms with E-state index < -0.39 is 71.7 Å². The van der Waals surface area contributed by atoms with Crippen molar-refractivity contribution in [1.82, 2.24) is 14.7 Å². The summed E-state index contributed by atoms with van der Waals surface area (Å²) in [6, 6.07) is 17.7. The van der Waals surface area contributed by atoms with Crippen molar-refractivity contribution in [1.29, 1.82) is 0 Å². The van der Waals surface area contributed by atoms with Gasteiger partial charge in [0.15, 0.2) is 0 Å². The second-order valence-corrected chi connectivity index (χ2v) is 11.2. The molecule has 3 atom stereocenters. The Morgan fingerprint density at radius 1 is 0.783 bits per heavy atom. The van der Waals surface area contributed by atoms with E-state index in [0.717, 1.165) is 11.1 Å². The summed E-state index contributed by atoms with van der Waals surface area (Å²) in [6.45, 7) is -1.30. The minimum atomic E-state index is -5.08. The van der Waals surface area contributed by atoms with Gasteiger partial charge in [-0.1, -0.05) is 60.7 Å². The van der Waals surface area contributed by atoms with E-state index in [1.807, 2.05) is 0 Å². The number of amides is 3. The summed E-state index contributed by atoms with van der Waals surface area (Å²) >= 11 is 0. The summed E-state index contributed by atoms with van der Waals surface area (Å²) in [5.74, 6) is -1.67. The van der Waals surface area contributed by atoms with Crippen LogP contribution in [0.1, 0.15) is 27.8 Å². The number of alkyl halides is 6. The summed E-state index contributed by atoms with van der Waals surface area (Å²) in [7, 11) is 0. The first kappa shape index (κ1) is 32.8. The zero-order valence-electron chi connectivity index (χ0n) is 24.3. The van der Waals surface area contributed by atoms with Crippen molar-refractivity contribution in [3.63, 3.8) is 0 Å². The molecule has 3 aromatic carbocycles. The number of halogens is 6. The van der Waals surface area contributed by atoms with Crippen LogP contribution in [0.3, 0.4) is 0 Å². The molecule has 0 saturated carbocycles. The number of hydrogen-bond donors (Lipinski definition) is 1. The van der Waals surface area contributed by atoms with Gasteiger partial charge in [-0.25, -0.2) is 4.79 Å². The Bertz CT molecular complexity index is 1540. The highest BCUT2D eigenvalue weighted by atomic mass is 19.4. The van der Waals surface area contributed by atoms with Gasteiger partial charge in [0.05, 0.1) is 23.6 Å². The molecule has 2 heterocycles. The van der Waals surface area contributed by atoms with Crippen LogP contribution in [0, 0.1) is 5.92 Å². The maximum Gasteiger partial charge on any atom is 0.416 e. The van der Waals surface area contributed by atoms with Crippen molar-refractivity contribution < 1.29 is 45.5 Å². The molecule has 0 spiro atoms. The van der Waals surface area contributed by atoms with Crippen LogP contribution in [-0.4, -0.2) is 64.4 Å². The van der Waals surface area contributed by atoms with Crippen molar-refractivity contribution in [3.8, 4) is 0 Å². The van der Waals surface area contributed by atoms with Crippen LogP contribution in [0.15, 0.2) is 78.9 Å². The number of hydrogen-bond acceptors (Lipinski definition) is 5. The zero-order valence-corrected chi connectivity index (χ0v) is 24.3. The average Bonchev–Trinajstić information content (AvgIpc) is 3.02. The van der Waals surface area contributed by atoms with Gasteiger partial charge in [0.2, 0.25) is 11.8 Å². The molecule has 3 aromatic rings. The molecule has 0 radical (unpaired) electrons. The number of carbonyl (C=O) groups is 3. The van der Waals surface area contributed by atoms with Gasteiger partial charge in [-0.05, 0) is 41.3 Å². The fourth-order valence-corrected chi connectivity index (χ4v) is 5.85. The van der Waals surface area contributed by atoms with E-state index in [1.165, 1.54) is 14.7 Å². The van der Waals surface area contributed by atoms with Crippen LogP contribution >= 0.6 is 0 Å². The maximum atomic E-state index is 13.9. The number of piperazine rings is 1. The molecule has 2 unspecified atom stereocenters. The molecule has 2 N–H and O–H groups in total. The number of carbonyl (C=O) groups excluding carboxylic acids is 3. The van der Waals surface area contributed by atoms with Gasteiger partial charge in [-0.2, -0.15) is 26.3 Å². The van der Waals surface area contributed by atoms with E-state index in [-0.39, 0.29) is 38.7 Å². The second-order valence-electron chi connectivity index (χ2n) is 11.2. The van der Waals surface area contributed by atoms with Crippen LogP contribution in [-0.2, 0) is 46.3 Å². The third kappa shape index (κ3) is 7.11. The van der Waals surface area contributed by atoms with Crippen LogP contribution in [0.5, 0.6) is 0 Å². The Hall–Kier alpha value is -4.59. The standard InChI is InChI=1S/C32H30F6N4O4/c33-31(34,35)24-12-22(13-25(14-24)32(36,37)38)19-46-30(45)41-17-23(11-20-7-3-1-4-8-20)28(43)42-26(15-39)29(44)40(18-27(41)42)16-21-9-5-2-6-10-21/h1-10,12-14,23,26-27H,11,15-19,39H2/t23?,26-,27?/m0/s1. The summed E-state index contributed by atoms with van der Waals surface area (Å²) < 4.78 is 85.7. The Kier molecular flexibility index (Phi) is 9.29. The molecular weight excluding hydrogens is 618 g/mol. The van der Waals surface area contributed by atoms with Crippen molar-refractivity contribution >= 4 is 17.9 Å². The lowest BCUT2D eigenvalue weighted by atomic mass is 9.92. The highest BCUT2D eigenvalue weighted by Gasteiger charge is 2.51. The van der Waals surface area contributed by atoms with Crippen molar-refractivity contribution in [2.24, 2.45) is 11.7 Å². The van der Waals surface area contributed by atoms with Crippen molar-refractivity contribution in [3.05, 3.63) is 107 Å². The average molecular weight is 649 g/mol. The highest BCUT2D eigenvalue weighted by molar-refractivity contribution is 5.92. The van der Waals surface area contributed by atoms with E-state index in [9.17, 15) is 40.7 Å². The Balaban J connectivity index is 1.45. The Labute approximate surface area is 260 Å². The first-order valence-electron chi connectivity index (χ1n) is 14.4. The molecule has 3 amide bonds. The molecule has 0 aromatic heterocycles. The quantitative estimate of drug-likeness (QED) is 0.362. The normalized spacial score (nSPS) is 20.5. The highest BCUT2D eigenvalue weighted by Crippen LogP contribution is 2.37. The maximum absolute atomic E-state index is 13.9. The first-order valence-corrected chi connectivity index (χ1v) is 14.4. The molecule has 14 heteroatoms. The Morgan fingerprint density at radius 3 is 1.89 bits per heavy atom. The van der Waals surface area contributed by atoms with E-state index in [0.29, 0.717) is 12.1 Å². The van der Waals surface area contributed by atoms with E-state index in [4.69, 9.17) is 10.5 Å². The molecule has 2 aliphatic heterocycles. The summed E-state index contributed by atoms with van der Waals surface area (Å²) in [5, 5.41) is 0. The number of rotatable bonds is 7. The smallest absolute Gasteiger partial charge is 0.416 e. The van der Waals surface area contributed by atoms with E-state index in [1.54, 1.807) is 60.7 Å². The predicted molar refractivity (Wildman–Crippen MR) is 152 cm³/mol. The van der Waals surface area contributed by atoms with Crippen LogP contribution in [0.4, 0.5) is 31.1 Å². The zero-order chi connectivity index (χ0) is 33.2. The summed E-state index contributed by atoms with van der Waals surface area (Å²) in [5.41, 5.74) is 3.96. The lowest BCUT2D eigenvalue weighted by Gasteiger charge is -2.53. The largest absolute Gasteiger partial charge is 0.444 e. The van der Waals surface area contributed by atoms with Gasteiger partial charge < -0.3 is 20.3 Å². The van der Waals surface area contributed by atoms with Gasteiger partial charge in [0, 0.05) is 19.6 Å². The SMILES string of the molecule is NC[C@H]1C(=O)N(Cc2ccccc2)CC2N(C(=O)OCc3cc(C(F)(F)F)cc(C(F)(F)F)c3)CC(Cc3ccccc3)C(=O)N21. The van der Waals surface area contributed by atoms with Crippen LogP contribution < -0.4 is 5.73 Å². The molecule has 0 bridgehead atoms. The second kappa shape index (κ2) is 13.0. The molecule has 5 rings (SSSR count). The lowest BCUT2D eigenvalue weighted by molar-refractivity contribution is -0.172. The number of benzene rings is 3. The van der Waals surface area contributed by atoms with Crippen molar-refractivity contribution in [2.75, 3.05) is 19.6 Å².